The van der Waals surface area contributed by atoms with Gasteiger partial charge in [-0.1, -0.05) is 65.5 Å². The van der Waals surface area contributed by atoms with E-state index in [9.17, 15) is 9.90 Å². The van der Waals surface area contributed by atoms with Crippen molar-refractivity contribution in [1.29, 1.82) is 0 Å². The number of phenolic OH excluding ortho intramolecular Hbond substituents is 1. The minimum Gasteiger partial charge on any atom is -0.507 e. The van der Waals surface area contributed by atoms with Gasteiger partial charge in [-0.2, -0.15) is 0 Å². The zero-order valence-electron chi connectivity index (χ0n) is 18.6. The molecule has 0 aliphatic rings. The highest BCUT2D eigenvalue weighted by Crippen LogP contribution is 2.37. The van der Waals surface area contributed by atoms with Gasteiger partial charge in [-0.05, 0) is 53.1 Å². The van der Waals surface area contributed by atoms with Crippen LogP contribution in [0.3, 0.4) is 0 Å². The van der Waals surface area contributed by atoms with Gasteiger partial charge in [-0.3, -0.25) is 0 Å². The standard InChI is InChI=1S/C26H32O3/c1-8-29-24(28)19-14-12-18(13-15-19)10-9-11-20-16-21(25(2,3)4)17-22(23(20)27)26(5,6)7/h12-17,27H,8,11H2,1-7H3. The zero-order chi connectivity index (χ0) is 21.8. The highest BCUT2D eigenvalue weighted by atomic mass is 16.5. The highest BCUT2D eigenvalue weighted by molar-refractivity contribution is 5.89. The summed E-state index contributed by atoms with van der Waals surface area (Å²) in [4.78, 5) is 11.7. The largest absolute Gasteiger partial charge is 0.507 e. The molecule has 0 heterocycles. The van der Waals surface area contributed by atoms with Gasteiger partial charge in [-0.25, -0.2) is 4.79 Å². The second-order valence-electron chi connectivity index (χ2n) is 9.31. The molecule has 0 saturated heterocycles. The number of carbonyl (C=O) groups excluding carboxylic acids is 1. The normalized spacial score (nSPS) is 11.6. The SMILES string of the molecule is CCOC(=O)c1ccc(C#CCc2cc(C(C)(C)C)cc(C(C)(C)C)c2O)cc1. The van der Waals surface area contributed by atoms with Crippen molar-refractivity contribution in [2.24, 2.45) is 0 Å². The van der Waals surface area contributed by atoms with Crippen LogP contribution in [-0.2, 0) is 22.0 Å². The molecule has 0 aromatic heterocycles. The summed E-state index contributed by atoms with van der Waals surface area (Å²) in [5, 5.41) is 10.8. The lowest BCUT2D eigenvalue weighted by atomic mass is 9.78. The molecule has 0 bridgehead atoms. The predicted octanol–water partition coefficient (Wildman–Crippen LogP) is 5.76. The second-order valence-corrected chi connectivity index (χ2v) is 9.31. The molecule has 0 fully saturated rings. The average Bonchev–Trinajstić information content (AvgIpc) is 2.62. The van der Waals surface area contributed by atoms with Gasteiger partial charge in [0.2, 0.25) is 0 Å². The maximum absolute atomic E-state index is 11.7. The third-order valence-corrected chi connectivity index (χ3v) is 4.77. The molecule has 2 aromatic rings. The van der Waals surface area contributed by atoms with Crippen LogP contribution in [-0.4, -0.2) is 17.7 Å². The van der Waals surface area contributed by atoms with E-state index in [4.69, 9.17) is 4.74 Å². The summed E-state index contributed by atoms with van der Waals surface area (Å²) < 4.78 is 4.99. The van der Waals surface area contributed by atoms with Gasteiger partial charge < -0.3 is 9.84 Å². The number of hydrogen-bond acceptors (Lipinski definition) is 3. The van der Waals surface area contributed by atoms with Crippen molar-refractivity contribution in [3.63, 3.8) is 0 Å². The maximum atomic E-state index is 11.7. The molecule has 0 unspecified atom stereocenters. The van der Waals surface area contributed by atoms with Crippen molar-refractivity contribution >= 4 is 5.97 Å². The first-order valence-corrected chi connectivity index (χ1v) is 10.1. The molecule has 0 aliphatic heterocycles. The zero-order valence-corrected chi connectivity index (χ0v) is 18.6. The number of aromatic hydroxyl groups is 1. The molecule has 0 radical (unpaired) electrons. The van der Waals surface area contributed by atoms with Crippen molar-refractivity contribution in [2.45, 2.75) is 65.7 Å². The van der Waals surface area contributed by atoms with Gasteiger partial charge in [0.1, 0.15) is 5.75 Å². The van der Waals surface area contributed by atoms with Crippen LogP contribution >= 0.6 is 0 Å². The lowest BCUT2D eigenvalue weighted by Gasteiger charge is -2.27. The molecule has 2 rings (SSSR count). The van der Waals surface area contributed by atoms with Crippen LogP contribution in [0.4, 0.5) is 0 Å². The predicted molar refractivity (Wildman–Crippen MR) is 118 cm³/mol. The van der Waals surface area contributed by atoms with E-state index in [1.54, 1.807) is 19.1 Å². The molecule has 1 N–H and O–H groups in total. The van der Waals surface area contributed by atoms with Gasteiger partial charge in [0.25, 0.3) is 0 Å². The Morgan fingerprint density at radius 3 is 2.14 bits per heavy atom. The van der Waals surface area contributed by atoms with Crippen LogP contribution in [0.2, 0.25) is 0 Å². The minimum atomic E-state index is -0.328. The van der Waals surface area contributed by atoms with Crippen molar-refractivity contribution in [3.8, 4) is 17.6 Å². The molecular formula is C26H32O3. The van der Waals surface area contributed by atoms with E-state index in [0.29, 0.717) is 24.3 Å². The topological polar surface area (TPSA) is 46.5 Å². The maximum Gasteiger partial charge on any atom is 0.338 e. The average molecular weight is 393 g/mol. The smallest absolute Gasteiger partial charge is 0.338 e. The fourth-order valence-electron chi connectivity index (χ4n) is 2.98. The first-order valence-electron chi connectivity index (χ1n) is 10.1. The molecule has 3 heteroatoms. The van der Waals surface area contributed by atoms with Gasteiger partial charge in [0.15, 0.2) is 0 Å². The number of carbonyl (C=O) groups is 1. The third kappa shape index (κ3) is 5.87. The Kier molecular flexibility index (Phi) is 6.80. The van der Waals surface area contributed by atoms with Crippen molar-refractivity contribution in [2.75, 3.05) is 6.61 Å². The van der Waals surface area contributed by atoms with Crippen molar-refractivity contribution in [1.82, 2.24) is 0 Å². The Balaban J connectivity index is 2.30. The Morgan fingerprint density at radius 2 is 1.62 bits per heavy atom. The monoisotopic (exact) mass is 392 g/mol. The van der Waals surface area contributed by atoms with Crippen molar-refractivity contribution < 1.29 is 14.6 Å². The Hall–Kier alpha value is -2.73. The number of rotatable bonds is 3. The van der Waals surface area contributed by atoms with Gasteiger partial charge >= 0.3 is 5.97 Å². The lowest BCUT2D eigenvalue weighted by molar-refractivity contribution is 0.0526. The molecule has 3 nitrogen and oxygen atoms in total. The Labute approximate surface area is 175 Å². The van der Waals surface area contributed by atoms with E-state index >= 15 is 0 Å². The summed E-state index contributed by atoms with van der Waals surface area (Å²) in [5.74, 6) is 6.29. The van der Waals surface area contributed by atoms with E-state index in [-0.39, 0.29) is 16.8 Å². The lowest BCUT2D eigenvalue weighted by Crippen LogP contribution is -2.17. The van der Waals surface area contributed by atoms with Crippen LogP contribution in [0.1, 0.15) is 81.1 Å². The minimum absolute atomic E-state index is 0.0151. The first kappa shape index (κ1) is 22.6. The second kappa shape index (κ2) is 8.74. The number of ether oxygens (including phenoxy) is 1. The van der Waals surface area contributed by atoms with Gasteiger partial charge in [0.05, 0.1) is 12.2 Å². The summed E-state index contributed by atoms with van der Waals surface area (Å²) in [6, 6.07) is 11.2. The molecule has 0 aliphatic carbocycles. The van der Waals surface area contributed by atoms with Crippen LogP contribution in [0.25, 0.3) is 0 Å². The van der Waals surface area contributed by atoms with Crippen LogP contribution in [0.5, 0.6) is 5.75 Å². The highest BCUT2D eigenvalue weighted by Gasteiger charge is 2.24. The summed E-state index contributed by atoms with van der Waals surface area (Å²) in [6.45, 7) is 15.0. The van der Waals surface area contributed by atoms with Gasteiger partial charge in [0, 0.05) is 17.5 Å². The number of hydrogen-bond donors (Lipinski definition) is 1. The van der Waals surface area contributed by atoms with Crippen molar-refractivity contribution in [3.05, 3.63) is 64.2 Å². The van der Waals surface area contributed by atoms with Crippen LogP contribution in [0, 0.1) is 11.8 Å². The third-order valence-electron chi connectivity index (χ3n) is 4.77. The van der Waals surface area contributed by atoms with E-state index in [0.717, 1.165) is 16.7 Å². The van der Waals surface area contributed by atoms with Crippen LogP contribution in [0.15, 0.2) is 36.4 Å². The summed E-state index contributed by atoms with van der Waals surface area (Å²) >= 11 is 0. The first-order chi connectivity index (χ1) is 13.4. The number of esters is 1. The summed E-state index contributed by atoms with van der Waals surface area (Å²) in [5.41, 5.74) is 4.15. The number of benzene rings is 2. The molecule has 2 aromatic carbocycles. The Bertz CT molecular complexity index is 927. The fourth-order valence-corrected chi connectivity index (χ4v) is 2.98. The molecule has 0 atom stereocenters. The van der Waals surface area contributed by atoms with E-state index in [1.807, 2.05) is 12.1 Å². The summed E-state index contributed by atoms with van der Waals surface area (Å²) in [6.07, 6.45) is 0.457. The molecule has 29 heavy (non-hydrogen) atoms. The van der Waals surface area contributed by atoms with E-state index in [1.165, 1.54) is 5.56 Å². The van der Waals surface area contributed by atoms with Crippen LogP contribution < -0.4 is 0 Å². The quantitative estimate of drug-likeness (QED) is 0.534. The van der Waals surface area contributed by atoms with E-state index < -0.39 is 0 Å². The summed E-state index contributed by atoms with van der Waals surface area (Å²) in [7, 11) is 0. The Morgan fingerprint density at radius 1 is 1.00 bits per heavy atom. The van der Waals surface area contributed by atoms with E-state index in [2.05, 4.69) is 65.5 Å². The number of phenols is 1. The molecular weight excluding hydrogens is 360 g/mol. The molecule has 0 amide bonds. The molecule has 0 saturated carbocycles. The fraction of sp³-hybridized carbons (Fsp3) is 0.423. The molecule has 0 spiro atoms. The molecule has 154 valence electrons. The van der Waals surface area contributed by atoms with Gasteiger partial charge in [-0.15, -0.1) is 0 Å².